The molecule has 4 heteroatoms. The maximum atomic E-state index is 4.47. The van der Waals surface area contributed by atoms with E-state index in [4.69, 9.17) is 0 Å². The Morgan fingerprint density at radius 1 is 0.864 bits per heavy atom. The van der Waals surface area contributed by atoms with Crippen LogP contribution in [0.3, 0.4) is 0 Å². The van der Waals surface area contributed by atoms with Crippen molar-refractivity contribution in [3.05, 3.63) is 79.3 Å². The Morgan fingerprint density at radius 2 is 1.82 bits per heavy atom. The van der Waals surface area contributed by atoms with E-state index in [2.05, 4.69) is 33.6 Å². The van der Waals surface area contributed by atoms with E-state index in [0.29, 0.717) is 0 Å². The molecular formula is C18H14N4. The van der Waals surface area contributed by atoms with Gasteiger partial charge in [0.1, 0.15) is 0 Å². The molecule has 4 nitrogen and oxygen atoms in total. The summed E-state index contributed by atoms with van der Waals surface area (Å²) in [6.07, 6.45) is 5.55. The summed E-state index contributed by atoms with van der Waals surface area (Å²) in [7, 11) is 0. The molecule has 0 fully saturated rings. The second-order valence-corrected chi connectivity index (χ2v) is 5.04. The maximum absolute atomic E-state index is 4.47. The van der Waals surface area contributed by atoms with Gasteiger partial charge in [0, 0.05) is 23.5 Å². The zero-order chi connectivity index (χ0) is 14.8. The van der Waals surface area contributed by atoms with Crippen LogP contribution in [-0.4, -0.2) is 14.8 Å². The van der Waals surface area contributed by atoms with E-state index in [1.807, 2.05) is 59.5 Å². The van der Waals surface area contributed by atoms with Gasteiger partial charge in [-0.15, -0.1) is 0 Å². The standard InChI is InChI=1S/C18H14N4/c1-2-8-18-14(5-1)11-16(13-19-18)21-15-6-3-7-17(12-15)22-10-4-9-20-22/h1-13,21H. The average molecular weight is 286 g/mol. The minimum absolute atomic E-state index is 0.969. The molecule has 2 heterocycles. The van der Waals surface area contributed by atoms with Crippen molar-refractivity contribution in [2.24, 2.45) is 0 Å². The Balaban J connectivity index is 1.66. The van der Waals surface area contributed by atoms with Crippen LogP contribution in [-0.2, 0) is 0 Å². The van der Waals surface area contributed by atoms with Gasteiger partial charge in [-0.3, -0.25) is 4.98 Å². The molecule has 0 aliphatic carbocycles. The van der Waals surface area contributed by atoms with Gasteiger partial charge in [0.15, 0.2) is 0 Å². The first-order valence-corrected chi connectivity index (χ1v) is 7.10. The lowest BCUT2D eigenvalue weighted by Crippen LogP contribution is -1.96. The van der Waals surface area contributed by atoms with Crippen molar-refractivity contribution in [3.8, 4) is 5.69 Å². The van der Waals surface area contributed by atoms with Gasteiger partial charge in [0.05, 0.1) is 23.1 Å². The number of pyridine rings is 1. The van der Waals surface area contributed by atoms with E-state index < -0.39 is 0 Å². The van der Waals surface area contributed by atoms with Crippen LogP contribution in [0.2, 0.25) is 0 Å². The minimum atomic E-state index is 0.969. The molecule has 106 valence electrons. The normalized spacial score (nSPS) is 10.7. The molecule has 0 radical (unpaired) electrons. The molecule has 0 saturated heterocycles. The van der Waals surface area contributed by atoms with Gasteiger partial charge in [-0.2, -0.15) is 5.10 Å². The number of fused-ring (bicyclic) bond motifs is 1. The lowest BCUT2D eigenvalue weighted by atomic mass is 10.2. The molecule has 0 unspecified atom stereocenters. The summed E-state index contributed by atoms with van der Waals surface area (Å²) in [6, 6.07) is 20.2. The van der Waals surface area contributed by atoms with Crippen molar-refractivity contribution in [3.63, 3.8) is 0 Å². The number of hydrogen-bond donors (Lipinski definition) is 1. The van der Waals surface area contributed by atoms with Crippen molar-refractivity contribution in [2.75, 3.05) is 5.32 Å². The van der Waals surface area contributed by atoms with Crippen molar-refractivity contribution in [1.82, 2.24) is 14.8 Å². The third-order valence-electron chi connectivity index (χ3n) is 3.49. The van der Waals surface area contributed by atoms with Crippen LogP contribution in [0.5, 0.6) is 0 Å². The number of hydrogen-bond acceptors (Lipinski definition) is 3. The summed E-state index contributed by atoms with van der Waals surface area (Å²) in [5, 5.41) is 8.77. The number of para-hydroxylation sites is 1. The van der Waals surface area contributed by atoms with Crippen LogP contribution in [0, 0.1) is 0 Å². The predicted octanol–water partition coefficient (Wildman–Crippen LogP) is 4.16. The summed E-state index contributed by atoms with van der Waals surface area (Å²) in [6.45, 7) is 0. The van der Waals surface area contributed by atoms with Crippen LogP contribution in [0.25, 0.3) is 16.6 Å². The predicted molar refractivity (Wildman–Crippen MR) is 88.6 cm³/mol. The minimum Gasteiger partial charge on any atom is -0.354 e. The van der Waals surface area contributed by atoms with Crippen LogP contribution < -0.4 is 5.32 Å². The quantitative estimate of drug-likeness (QED) is 0.615. The fraction of sp³-hybridized carbons (Fsp3) is 0. The number of nitrogens with zero attached hydrogens (tertiary/aromatic N) is 3. The summed E-state index contributed by atoms with van der Waals surface area (Å²) >= 11 is 0. The van der Waals surface area contributed by atoms with Crippen LogP contribution >= 0.6 is 0 Å². The van der Waals surface area contributed by atoms with E-state index in [1.54, 1.807) is 6.20 Å². The number of rotatable bonds is 3. The Hall–Kier alpha value is -3.14. The van der Waals surface area contributed by atoms with Gasteiger partial charge in [0.2, 0.25) is 0 Å². The molecule has 0 amide bonds. The highest BCUT2D eigenvalue weighted by molar-refractivity contribution is 5.82. The zero-order valence-electron chi connectivity index (χ0n) is 11.8. The molecule has 0 atom stereocenters. The lowest BCUT2D eigenvalue weighted by molar-refractivity contribution is 0.881. The molecule has 0 aliphatic heterocycles. The largest absolute Gasteiger partial charge is 0.354 e. The molecular weight excluding hydrogens is 272 g/mol. The summed E-state index contributed by atoms with van der Waals surface area (Å²) in [4.78, 5) is 4.47. The monoisotopic (exact) mass is 286 g/mol. The van der Waals surface area contributed by atoms with Crippen LogP contribution in [0.4, 0.5) is 11.4 Å². The fourth-order valence-electron chi connectivity index (χ4n) is 2.45. The summed E-state index contributed by atoms with van der Waals surface area (Å²) < 4.78 is 1.84. The third kappa shape index (κ3) is 2.42. The molecule has 4 aromatic rings. The van der Waals surface area contributed by atoms with Crippen molar-refractivity contribution >= 4 is 22.3 Å². The smallest absolute Gasteiger partial charge is 0.0703 e. The highest BCUT2D eigenvalue weighted by Crippen LogP contribution is 2.21. The van der Waals surface area contributed by atoms with Crippen LogP contribution in [0.15, 0.2) is 79.3 Å². The molecule has 22 heavy (non-hydrogen) atoms. The van der Waals surface area contributed by atoms with E-state index >= 15 is 0 Å². The van der Waals surface area contributed by atoms with E-state index in [0.717, 1.165) is 28.0 Å². The van der Waals surface area contributed by atoms with Gasteiger partial charge < -0.3 is 5.32 Å². The topological polar surface area (TPSA) is 42.7 Å². The highest BCUT2D eigenvalue weighted by atomic mass is 15.3. The Kier molecular flexibility index (Phi) is 3.05. The fourth-order valence-corrected chi connectivity index (χ4v) is 2.45. The SMILES string of the molecule is c1cc(Nc2cnc3ccccc3c2)cc(-n2cccn2)c1. The Morgan fingerprint density at radius 3 is 2.73 bits per heavy atom. The molecule has 0 spiro atoms. The first-order valence-electron chi connectivity index (χ1n) is 7.10. The van der Waals surface area contributed by atoms with Gasteiger partial charge in [0.25, 0.3) is 0 Å². The van der Waals surface area contributed by atoms with Gasteiger partial charge in [-0.25, -0.2) is 4.68 Å². The number of nitrogens with one attached hydrogen (secondary N) is 1. The first kappa shape index (κ1) is 12.6. The maximum Gasteiger partial charge on any atom is 0.0703 e. The Bertz CT molecular complexity index is 913. The van der Waals surface area contributed by atoms with Crippen LogP contribution in [0.1, 0.15) is 0 Å². The second kappa shape index (κ2) is 5.33. The van der Waals surface area contributed by atoms with E-state index in [-0.39, 0.29) is 0 Å². The third-order valence-corrected chi connectivity index (χ3v) is 3.49. The molecule has 0 aliphatic rings. The van der Waals surface area contributed by atoms with E-state index in [9.17, 15) is 0 Å². The molecule has 4 rings (SSSR count). The Labute approximate surface area is 128 Å². The number of anilines is 2. The molecule has 0 bridgehead atoms. The van der Waals surface area contributed by atoms with E-state index in [1.165, 1.54) is 0 Å². The first-order chi connectivity index (χ1) is 10.9. The molecule has 2 aromatic carbocycles. The van der Waals surface area contributed by atoms with Gasteiger partial charge in [-0.1, -0.05) is 24.3 Å². The van der Waals surface area contributed by atoms with Gasteiger partial charge >= 0.3 is 0 Å². The lowest BCUT2D eigenvalue weighted by Gasteiger charge is -2.09. The van der Waals surface area contributed by atoms with Crippen molar-refractivity contribution in [1.29, 1.82) is 0 Å². The summed E-state index contributed by atoms with van der Waals surface area (Å²) in [5.41, 5.74) is 3.99. The second-order valence-electron chi connectivity index (χ2n) is 5.04. The average Bonchev–Trinajstić information content (AvgIpc) is 3.10. The van der Waals surface area contributed by atoms with Crippen molar-refractivity contribution < 1.29 is 0 Å². The molecule has 1 N–H and O–H groups in total. The zero-order valence-corrected chi connectivity index (χ0v) is 11.8. The number of aromatic nitrogens is 3. The number of benzene rings is 2. The molecule has 2 aromatic heterocycles. The van der Waals surface area contributed by atoms with Gasteiger partial charge in [-0.05, 0) is 36.4 Å². The summed E-state index contributed by atoms with van der Waals surface area (Å²) in [5.74, 6) is 0. The highest BCUT2D eigenvalue weighted by Gasteiger charge is 2.01. The molecule has 0 saturated carbocycles. The van der Waals surface area contributed by atoms with Crippen molar-refractivity contribution in [2.45, 2.75) is 0 Å².